The number of hydrogen-bond acceptors (Lipinski definition) is 4. The number of ether oxygens (including phenoxy) is 1. The van der Waals surface area contributed by atoms with Crippen LogP contribution in [-0.2, 0) is 22.0 Å². The molecule has 4 rings (SSSR count). The third kappa shape index (κ3) is 4.37. The fraction of sp³-hybridized carbons (Fsp3) is 0.273. The summed E-state index contributed by atoms with van der Waals surface area (Å²) >= 11 is 14.1. The molecule has 0 unspecified atom stereocenters. The van der Waals surface area contributed by atoms with Crippen molar-refractivity contribution < 1.29 is 9.53 Å². The van der Waals surface area contributed by atoms with Crippen LogP contribution in [0.25, 0.3) is 0 Å². The fourth-order valence-corrected chi connectivity index (χ4v) is 5.02. The fourth-order valence-electron chi connectivity index (χ4n) is 3.63. The van der Waals surface area contributed by atoms with Crippen LogP contribution in [0.1, 0.15) is 18.4 Å². The summed E-state index contributed by atoms with van der Waals surface area (Å²) in [6.45, 7) is 1.01. The van der Waals surface area contributed by atoms with Gasteiger partial charge in [0.05, 0.1) is 5.41 Å². The van der Waals surface area contributed by atoms with Gasteiger partial charge in [-0.15, -0.1) is 0 Å². The minimum Gasteiger partial charge on any atom is -0.381 e. The normalized spacial score (nSPS) is 15.7. The number of rotatable bonds is 5. The Kier molecular flexibility index (Phi) is 6.39. The molecule has 0 atom stereocenters. The Labute approximate surface area is 189 Å². The highest BCUT2D eigenvalue weighted by Gasteiger charge is 2.43. The second kappa shape index (κ2) is 9.02. The van der Waals surface area contributed by atoms with Crippen LogP contribution in [0.2, 0.25) is 10.0 Å². The molecule has 8 heteroatoms. The van der Waals surface area contributed by atoms with E-state index in [-0.39, 0.29) is 5.91 Å². The third-order valence-corrected chi connectivity index (χ3v) is 6.96. The Hall–Kier alpha value is -1.99. The predicted molar refractivity (Wildman–Crippen MR) is 121 cm³/mol. The van der Waals surface area contributed by atoms with Crippen LogP contribution in [0.3, 0.4) is 0 Å². The van der Waals surface area contributed by atoms with Crippen molar-refractivity contribution in [2.24, 2.45) is 7.05 Å². The Bertz CT molecular complexity index is 1050. The van der Waals surface area contributed by atoms with Gasteiger partial charge in [0.2, 0.25) is 5.91 Å². The van der Waals surface area contributed by atoms with E-state index in [9.17, 15) is 4.79 Å². The van der Waals surface area contributed by atoms with Crippen molar-refractivity contribution in [1.29, 1.82) is 0 Å². The van der Waals surface area contributed by atoms with Gasteiger partial charge in [-0.2, -0.15) is 0 Å². The molecule has 1 fully saturated rings. The van der Waals surface area contributed by atoms with E-state index in [0.29, 0.717) is 36.1 Å². The first-order valence-corrected chi connectivity index (χ1v) is 11.2. The van der Waals surface area contributed by atoms with Crippen LogP contribution in [0.5, 0.6) is 0 Å². The lowest BCUT2D eigenvalue weighted by Gasteiger charge is -2.36. The average molecular weight is 462 g/mol. The van der Waals surface area contributed by atoms with Crippen LogP contribution < -0.4 is 5.32 Å². The number of nitrogens with one attached hydrogen (secondary N) is 1. The monoisotopic (exact) mass is 461 g/mol. The summed E-state index contributed by atoms with van der Waals surface area (Å²) in [4.78, 5) is 18.8. The lowest BCUT2D eigenvalue weighted by Crippen LogP contribution is -2.45. The predicted octanol–water partition coefficient (Wildman–Crippen LogP) is 5.57. The number of aromatic nitrogens is 2. The maximum absolute atomic E-state index is 13.4. The van der Waals surface area contributed by atoms with Crippen molar-refractivity contribution >= 4 is 46.6 Å². The summed E-state index contributed by atoms with van der Waals surface area (Å²) in [7, 11) is 1.96. The molecule has 0 aliphatic carbocycles. The maximum Gasteiger partial charge on any atom is 0.235 e. The molecule has 156 valence electrons. The van der Waals surface area contributed by atoms with Crippen molar-refractivity contribution in [2.45, 2.75) is 28.3 Å². The quantitative estimate of drug-likeness (QED) is 0.539. The Morgan fingerprint density at radius 3 is 2.53 bits per heavy atom. The third-order valence-electron chi connectivity index (χ3n) is 5.33. The van der Waals surface area contributed by atoms with Crippen LogP contribution >= 0.6 is 35.0 Å². The zero-order valence-electron chi connectivity index (χ0n) is 16.4. The van der Waals surface area contributed by atoms with Gasteiger partial charge in [0.1, 0.15) is 0 Å². The zero-order valence-corrected chi connectivity index (χ0v) is 18.7. The first-order valence-electron chi connectivity index (χ1n) is 9.58. The van der Waals surface area contributed by atoms with Crippen molar-refractivity contribution in [3.05, 3.63) is 70.5 Å². The van der Waals surface area contributed by atoms with E-state index in [1.54, 1.807) is 30.1 Å². The van der Waals surface area contributed by atoms with Gasteiger partial charge in [-0.25, -0.2) is 4.98 Å². The molecular formula is C22H21Cl2N3O2S. The van der Waals surface area contributed by atoms with Crippen molar-refractivity contribution in [1.82, 2.24) is 9.55 Å². The molecule has 2 heterocycles. The highest BCUT2D eigenvalue weighted by atomic mass is 35.5. The molecule has 3 aromatic rings. The van der Waals surface area contributed by atoms with E-state index >= 15 is 0 Å². The number of imidazole rings is 1. The summed E-state index contributed by atoms with van der Waals surface area (Å²) in [5, 5.41) is 5.03. The molecule has 1 aromatic heterocycles. The molecule has 1 aliphatic heterocycles. The van der Waals surface area contributed by atoms with Crippen LogP contribution in [0.4, 0.5) is 5.69 Å². The summed E-state index contributed by atoms with van der Waals surface area (Å²) in [5.74, 6) is -0.0838. The molecule has 0 spiro atoms. The van der Waals surface area contributed by atoms with E-state index in [1.807, 2.05) is 48.1 Å². The first kappa shape index (κ1) is 21.2. The zero-order chi connectivity index (χ0) is 21.1. The molecule has 0 bridgehead atoms. The average Bonchev–Trinajstić information content (AvgIpc) is 3.14. The standard InChI is InChI=1S/C22H21Cl2N3O2S/c1-27-11-10-25-21(27)30-17-5-3-16(4-6-17)26-20(28)22(8-12-29-13-9-22)18-7-2-15(23)14-19(18)24/h2-7,10-11,14H,8-9,12-13H2,1H3,(H,26,28). The SMILES string of the molecule is Cn1ccnc1Sc1ccc(NC(=O)C2(c3ccc(Cl)cc3Cl)CCOCC2)cc1. The van der Waals surface area contributed by atoms with E-state index < -0.39 is 5.41 Å². The number of amides is 1. The van der Waals surface area contributed by atoms with E-state index in [2.05, 4.69) is 10.3 Å². The number of benzene rings is 2. The highest BCUT2D eigenvalue weighted by molar-refractivity contribution is 7.99. The topological polar surface area (TPSA) is 56.2 Å². The number of anilines is 1. The number of hydrogen-bond donors (Lipinski definition) is 1. The van der Waals surface area contributed by atoms with Gasteiger partial charge in [0.25, 0.3) is 0 Å². The second-order valence-corrected chi connectivity index (χ2v) is 9.10. The van der Waals surface area contributed by atoms with Crippen molar-refractivity contribution in [3.8, 4) is 0 Å². The highest BCUT2D eigenvalue weighted by Crippen LogP contribution is 2.40. The van der Waals surface area contributed by atoms with Crippen LogP contribution in [0.15, 0.2) is 64.9 Å². The number of aryl methyl sites for hydroxylation is 1. The van der Waals surface area contributed by atoms with Gasteiger partial charge in [-0.1, -0.05) is 41.0 Å². The smallest absolute Gasteiger partial charge is 0.235 e. The van der Waals surface area contributed by atoms with Crippen molar-refractivity contribution in [2.75, 3.05) is 18.5 Å². The molecule has 30 heavy (non-hydrogen) atoms. The summed E-state index contributed by atoms with van der Waals surface area (Å²) in [6.07, 6.45) is 4.80. The lowest BCUT2D eigenvalue weighted by atomic mass is 9.73. The molecule has 2 aromatic carbocycles. The van der Waals surface area contributed by atoms with Gasteiger partial charge in [-0.3, -0.25) is 4.79 Å². The lowest BCUT2D eigenvalue weighted by molar-refractivity contribution is -0.125. The van der Waals surface area contributed by atoms with Gasteiger partial charge >= 0.3 is 0 Å². The number of nitrogens with zero attached hydrogens (tertiary/aromatic N) is 2. The van der Waals surface area contributed by atoms with Gasteiger partial charge in [0, 0.05) is 53.3 Å². The summed E-state index contributed by atoms with van der Waals surface area (Å²) in [5.41, 5.74) is 0.775. The van der Waals surface area contributed by atoms with Gasteiger partial charge in [-0.05, 0) is 54.8 Å². The Balaban J connectivity index is 1.55. The molecule has 1 saturated heterocycles. The molecule has 0 saturated carbocycles. The van der Waals surface area contributed by atoms with Crippen LogP contribution in [-0.4, -0.2) is 28.7 Å². The van der Waals surface area contributed by atoms with E-state index in [0.717, 1.165) is 21.3 Å². The number of halogens is 2. The largest absolute Gasteiger partial charge is 0.381 e. The Morgan fingerprint density at radius 2 is 1.90 bits per heavy atom. The minimum atomic E-state index is -0.750. The maximum atomic E-state index is 13.4. The van der Waals surface area contributed by atoms with Gasteiger partial charge in [0.15, 0.2) is 5.16 Å². The second-order valence-electron chi connectivity index (χ2n) is 7.22. The number of carbonyl (C=O) groups is 1. The summed E-state index contributed by atoms with van der Waals surface area (Å²) in [6, 6.07) is 13.1. The van der Waals surface area contributed by atoms with Gasteiger partial charge < -0.3 is 14.6 Å². The molecule has 0 radical (unpaired) electrons. The molecule has 1 amide bonds. The minimum absolute atomic E-state index is 0.0838. The Morgan fingerprint density at radius 1 is 1.17 bits per heavy atom. The van der Waals surface area contributed by atoms with Crippen molar-refractivity contribution in [3.63, 3.8) is 0 Å². The molecule has 5 nitrogen and oxygen atoms in total. The van der Waals surface area contributed by atoms with E-state index in [1.165, 1.54) is 0 Å². The van der Waals surface area contributed by atoms with Crippen LogP contribution in [0, 0.1) is 0 Å². The number of carbonyl (C=O) groups excluding carboxylic acids is 1. The summed E-state index contributed by atoms with van der Waals surface area (Å²) < 4.78 is 7.49. The first-order chi connectivity index (χ1) is 14.5. The molecular weight excluding hydrogens is 441 g/mol. The molecule has 1 aliphatic rings. The van der Waals surface area contributed by atoms with E-state index in [4.69, 9.17) is 27.9 Å². The molecule has 1 N–H and O–H groups in total.